The zero-order chi connectivity index (χ0) is 18.8. The molecule has 3 aromatic rings. The summed E-state index contributed by atoms with van der Waals surface area (Å²) in [5, 5.41) is 9.09. The Hall–Kier alpha value is -2.22. The highest BCUT2D eigenvalue weighted by Crippen LogP contribution is 2.28. The van der Waals surface area contributed by atoms with Crippen LogP contribution in [0.25, 0.3) is 10.8 Å². The van der Waals surface area contributed by atoms with Gasteiger partial charge in [0.25, 0.3) is 11.5 Å². The molecule has 1 heterocycles. The van der Waals surface area contributed by atoms with Crippen LogP contribution in [0, 0.1) is 3.57 Å². The first kappa shape index (κ1) is 18.2. The smallest absolute Gasteiger partial charge is 0.274 e. The van der Waals surface area contributed by atoms with Gasteiger partial charge in [-0.2, -0.15) is 5.10 Å². The van der Waals surface area contributed by atoms with Crippen molar-refractivity contribution >= 4 is 39.3 Å². The summed E-state index contributed by atoms with van der Waals surface area (Å²) in [6.07, 6.45) is 4.23. The lowest BCUT2D eigenvalue weighted by Gasteiger charge is -2.16. The molecule has 2 aromatic carbocycles. The van der Waals surface area contributed by atoms with Gasteiger partial charge in [-0.05, 0) is 53.6 Å². The number of amides is 1. The Morgan fingerprint density at radius 1 is 1.07 bits per heavy atom. The van der Waals surface area contributed by atoms with Gasteiger partial charge in [0.1, 0.15) is 0 Å². The molecule has 1 amide bonds. The van der Waals surface area contributed by atoms with Gasteiger partial charge < -0.3 is 5.32 Å². The number of nitrogens with one attached hydrogen (secondary N) is 1. The van der Waals surface area contributed by atoms with Gasteiger partial charge in [0.2, 0.25) is 0 Å². The molecule has 0 atom stereocenters. The average Bonchev–Trinajstić information content (AvgIpc) is 3.22. The third-order valence-corrected chi connectivity index (χ3v) is 6.05. The van der Waals surface area contributed by atoms with Crippen molar-refractivity contribution in [3.05, 3.63) is 73.7 Å². The molecule has 5 nitrogen and oxygen atoms in total. The van der Waals surface area contributed by atoms with Crippen LogP contribution in [0.5, 0.6) is 0 Å². The lowest BCUT2D eigenvalue weighted by atomic mass is 10.1. The number of halogens is 1. The third kappa shape index (κ3) is 3.63. The predicted octanol–water partition coefficient (Wildman–Crippen LogP) is 4.05. The second kappa shape index (κ2) is 7.80. The van der Waals surface area contributed by atoms with Crippen LogP contribution < -0.4 is 10.9 Å². The fourth-order valence-corrected chi connectivity index (χ4v) is 4.34. The number of fused-ring (bicyclic) bond motifs is 1. The van der Waals surface area contributed by atoms with E-state index in [1.165, 1.54) is 0 Å². The van der Waals surface area contributed by atoms with Crippen LogP contribution in [-0.4, -0.2) is 15.7 Å². The molecule has 0 unspecified atom stereocenters. The summed E-state index contributed by atoms with van der Waals surface area (Å²) in [5.74, 6) is -0.135. The minimum Gasteiger partial charge on any atom is -0.346 e. The highest BCUT2D eigenvalue weighted by atomic mass is 127. The highest BCUT2D eigenvalue weighted by Gasteiger charge is 2.21. The van der Waals surface area contributed by atoms with E-state index >= 15 is 0 Å². The van der Waals surface area contributed by atoms with E-state index in [0.717, 1.165) is 40.3 Å². The minimum absolute atomic E-state index is 0.0369. The van der Waals surface area contributed by atoms with Crippen molar-refractivity contribution in [2.45, 2.75) is 38.3 Å². The maximum absolute atomic E-state index is 12.9. The summed E-state index contributed by atoms with van der Waals surface area (Å²) in [6.45, 7) is 0.289. The van der Waals surface area contributed by atoms with Gasteiger partial charge in [0, 0.05) is 8.96 Å². The van der Waals surface area contributed by atoms with Crippen LogP contribution in [0.1, 0.15) is 47.8 Å². The fourth-order valence-electron chi connectivity index (χ4n) is 3.71. The first-order valence-electron chi connectivity index (χ1n) is 9.18. The van der Waals surface area contributed by atoms with Crippen molar-refractivity contribution in [1.29, 1.82) is 0 Å². The van der Waals surface area contributed by atoms with Crippen LogP contribution in [0.3, 0.4) is 0 Å². The number of hydrogen-bond acceptors (Lipinski definition) is 3. The van der Waals surface area contributed by atoms with Crippen molar-refractivity contribution in [2.24, 2.45) is 0 Å². The average molecular weight is 473 g/mol. The first-order chi connectivity index (χ1) is 13.1. The van der Waals surface area contributed by atoms with E-state index in [1.807, 2.05) is 48.5 Å². The van der Waals surface area contributed by atoms with Gasteiger partial charge >= 0.3 is 0 Å². The second-order valence-corrected chi connectivity index (χ2v) is 8.00. The lowest BCUT2D eigenvalue weighted by molar-refractivity contribution is 0.0949. The van der Waals surface area contributed by atoms with Crippen molar-refractivity contribution in [3.63, 3.8) is 0 Å². The Balaban J connectivity index is 1.68. The molecule has 1 aromatic heterocycles. The molecule has 1 aliphatic carbocycles. The maximum atomic E-state index is 12.9. The third-order valence-electron chi connectivity index (χ3n) is 5.11. The maximum Gasteiger partial charge on any atom is 0.274 e. The number of nitrogens with zero attached hydrogens (tertiary/aromatic N) is 2. The van der Waals surface area contributed by atoms with E-state index in [2.05, 4.69) is 33.0 Å². The molecule has 4 rings (SSSR count). The topological polar surface area (TPSA) is 64.0 Å². The van der Waals surface area contributed by atoms with E-state index < -0.39 is 0 Å². The van der Waals surface area contributed by atoms with Gasteiger partial charge in [0.05, 0.1) is 29.2 Å². The summed E-state index contributed by atoms with van der Waals surface area (Å²) < 4.78 is 2.55. The van der Waals surface area contributed by atoms with Gasteiger partial charge in [-0.1, -0.05) is 43.2 Å². The molecule has 0 radical (unpaired) electrons. The van der Waals surface area contributed by atoms with E-state index in [4.69, 9.17) is 0 Å². The van der Waals surface area contributed by atoms with E-state index in [9.17, 15) is 9.59 Å². The molecule has 0 bridgehead atoms. The molecule has 1 fully saturated rings. The summed E-state index contributed by atoms with van der Waals surface area (Å²) in [6, 6.07) is 15.1. The number of benzene rings is 2. The number of aromatic nitrogens is 2. The molecule has 138 valence electrons. The molecule has 0 spiro atoms. The molecular weight excluding hydrogens is 453 g/mol. The number of carbonyl (C=O) groups excluding carboxylic acids is 1. The first-order valence-corrected chi connectivity index (χ1v) is 10.3. The summed E-state index contributed by atoms with van der Waals surface area (Å²) in [7, 11) is 0. The van der Waals surface area contributed by atoms with Crippen LogP contribution in [0.2, 0.25) is 0 Å². The number of carbonyl (C=O) groups is 1. The minimum atomic E-state index is -0.135. The van der Waals surface area contributed by atoms with Crippen LogP contribution in [0.15, 0.2) is 53.3 Å². The zero-order valence-corrected chi connectivity index (χ0v) is 17.0. The van der Waals surface area contributed by atoms with Crippen molar-refractivity contribution < 1.29 is 4.79 Å². The molecule has 1 N–H and O–H groups in total. The molecule has 1 aliphatic rings. The van der Waals surface area contributed by atoms with Gasteiger partial charge in [0.15, 0.2) is 0 Å². The van der Waals surface area contributed by atoms with E-state index in [1.54, 1.807) is 4.68 Å². The Labute approximate surface area is 170 Å². The summed E-state index contributed by atoms with van der Waals surface area (Å²) >= 11 is 2.16. The van der Waals surface area contributed by atoms with Crippen LogP contribution in [0.4, 0.5) is 0 Å². The SMILES string of the molecule is O=C(NCc1nn(C2CCCC2)c(=O)c2ccccc12)c1ccccc1I. The van der Waals surface area contributed by atoms with Crippen molar-refractivity contribution in [1.82, 2.24) is 15.1 Å². The van der Waals surface area contributed by atoms with Gasteiger partial charge in [-0.3, -0.25) is 9.59 Å². The lowest BCUT2D eigenvalue weighted by Crippen LogP contribution is -2.30. The number of hydrogen-bond donors (Lipinski definition) is 1. The van der Waals surface area contributed by atoms with Crippen molar-refractivity contribution in [3.8, 4) is 0 Å². The summed E-state index contributed by atoms with van der Waals surface area (Å²) in [4.78, 5) is 25.5. The molecule has 27 heavy (non-hydrogen) atoms. The molecule has 0 saturated heterocycles. The molecule has 6 heteroatoms. The second-order valence-electron chi connectivity index (χ2n) is 6.84. The number of rotatable bonds is 4. The monoisotopic (exact) mass is 473 g/mol. The zero-order valence-electron chi connectivity index (χ0n) is 14.8. The van der Waals surface area contributed by atoms with Crippen LogP contribution in [-0.2, 0) is 6.54 Å². The normalized spacial score (nSPS) is 14.6. The Kier molecular flexibility index (Phi) is 5.24. The quantitative estimate of drug-likeness (QED) is 0.582. The van der Waals surface area contributed by atoms with Crippen molar-refractivity contribution in [2.75, 3.05) is 0 Å². The largest absolute Gasteiger partial charge is 0.346 e. The van der Waals surface area contributed by atoms with E-state index in [0.29, 0.717) is 10.9 Å². The van der Waals surface area contributed by atoms with Crippen LogP contribution >= 0.6 is 22.6 Å². The fraction of sp³-hybridized carbons (Fsp3) is 0.286. The summed E-state index contributed by atoms with van der Waals surface area (Å²) in [5.41, 5.74) is 1.34. The Morgan fingerprint density at radius 3 is 2.48 bits per heavy atom. The highest BCUT2D eigenvalue weighted by molar-refractivity contribution is 14.1. The molecular formula is C21H20IN3O2. The predicted molar refractivity (Wildman–Crippen MR) is 114 cm³/mol. The van der Waals surface area contributed by atoms with E-state index in [-0.39, 0.29) is 24.1 Å². The Bertz CT molecular complexity index is 1050. The molecule has 1 saturated carbocycles. The Morgan fingerprint density at radius 2 is 1.74 bits per heavy atom. The van der Waals surface area contributed by atoms with Gasteiger partial charge in [-0.25, -0.2) is 4.68 Å². The van der Waals surface area contributed by atoms with Gasteiger partial charge in [-0.15, -0.1) is 0 Å². The standard InChI is InChI=1S/C21H20IN3O2/c22-18-12-6-5-11-17(18)20(26)23-13-19-15-9-3-4-10-16(15)21(27)25(24-19)14-7-1-2-8-14/h3-6,9-12,14H,1-2,7-8,13H2,(H,23,26). The molecule has 0 aliphatic heterocycles.